The molecule has 0 spiro atoms. The average Bonchev–Trinajstić information content (AvgIpc) is 2.49. The van der Waals surface area contributed by atoms with E-state index in [2.05, 4.69) is 5.32 Å². The minimum Gasteiger partial charge on any atom is -0.314 e. The summed E-state index contributed by atoms with van der Waals surface area (Å²) < 4.78 is 55.4. The summed E-state index contributed by atoms with van der Waals surface area (Å²) in [6.45, 7) is 6.60. The predicted octanol–water partition coefficient (Wildman–Crippen LogP) is 3.63. The second-order valence-corrected chi connectivity index (χ2v) is 6.15. The van der Waals surface area contributed by atoms with Gasteiger partial charge < -0.3 is 5.32 Å². The van der Waals surface area contributed by atoms with Gasteiger partial charge in [-0.1, -0.05) is 13.8 Å². The molecule has 2 nitrogen and oxygen atoms in total. The van der Waals surface area contributed by atoms with E-state index in [1.165, 1.54) is 0 Å². The van der Waals surface area contributed by atoms with Gasteiger partial charge in [-0.05, 0) is 18.8 Å². The molecule has 22 heavy (non-hydrogen) atoms. The van der Waals surface area contributed by atoms with E-state index in [9.17, 15) is 17.6 Å². The van der Waals surface area contributed by atoms with Crippen LogP contribution in [0.3, 0.4) is 0 Å². The molecule has 1 aromatic rings. The van der Waals surface area contributed by atoms with Crippen molar-refractivity contribution in [2.45, 2.75) is 32.7 Å². The summed E-state index contributed by atoms with van der Waals surface area (Å²) >= 11 is 0. The van der Waals surface area contributed by atoms with Crippen molar-refractivity contribution in [3.63, 3.8) is 0 Å². The summed E-state index contributed by atoms with van der Waals surface area (Å²) in [5.74, 6) is -4.87. The molecule has 0 saturated carbocycles. The number of hydrogen-bond acceptors (Lipinski definition) is 2. The molecule has 124 valence electrons. The molecule has 1 heterocycles. The minimum atomic E-state index is -1.33. The molecule has 0 radical (unpaired) electrons. The molecule has 2 rings (SSSR count). The summed E-state index contributed by atoms with van der Waals surface area (Å²) in [6, 6.07) is -0.375. The van der Waals surface area contributed by atoms with Gasteiger partial charge in [0.2, 0.25) is 0 Å². The lowest BCUT2D eigenvalue weighted by atomic mass is 9.94. The maximum atomic E-state index is 14.1. The molecule has 1 aliphatic heterocycles. The van der Waals surface area contributed by atoms with Crippen LogP contribution in [0.25, 0.3) is 0 Å². The third-order valence-corrected chi connectivity index (χ3v) is 4.09. The van der Waals surface area contributed by atoms with Crippen LogP contribution in [0.15, 0.2) is 6.07 Å². The van der Waals surface area contributed by atoms with Crippen LogP contribution in [-0.4, -0.2) is 31.1 Å². The first kappa shape index (κ1) is 17.2. The Morgan fingerprint density at radius 2 is 1.55 bits per heavy atom. The van der Waals surface area contributed by atoms with Crippen molar-refractivity contribution in [3.8, 4) is 0 Å². The third-order valence-electron chi connectivity index (χ3n) is 4.09. The highest BCUT2D eigenvalue weighted by Crippen LogP contribution is 2.33. The van der Waals surface area contributed by atoms with Crippen molar-refractivity contribution in [2.24, 2.45) is 5.92 Å². The molecule has 1 aromatic carbocycles. The van der Waals surface area contributed by atoms with Crippen molar-refractivity contribution in [1.82, 2.24) is 10.2 Å². The van der Waals surface area contributed by atoms with Gasteiger partial charge in [-0.25, -0.2) is 17.6 Å². The van der Waals surface area contributed by atoms with Crippen molar-refractivity contribution in [2.75, 3.05) is 26.2 Å². The van der Waals surface area contributed by atoms with Crippen LogP contribution < -0.4 is 5.32 Å². The van der Waals surface area contributed by atoms with Crippen LogP contribution >= 0.6 is 0 Å². The normalized spacial score (nSPS) is 18.0. The summed E-state index contributed by atoms with van der Waals surface area (Å²) in [6.07, 6.45) is 1.19. The van der Waals surface area contributed by atoms with E-state index < -0.39 is 34.9 Å². The number of hydrogen-bond donors (Lipinski definition) is 1. The highest BCUT2D eigenvalue weighted by molar-refractivity contribution is 5.26. The van der Waals surface area contributed by atoms with E-state index in [0.29, 0.717) is 38.5 Å². The first-order chi connectivity index (χ1) is 10.4. The van der Waals surface area contributed by atoms with Crippen molar-refractivity contribution in [1.29, 1.82) is 0 Å². The van der Waals surface area contributed by atoms with E-state index in [1.807, 2.05) is 18.7 Å². The number of benzene rings is 1. The second kappa shape index (κ2) is 7.42. The van der Waals surface area contributed by atoms with E-state index in [0.717, 1.165) is 6.42 Å². The minimum absolute atomic E-state index is 0.269. The van der Waals surface area contributed by atoms with Crippen molar-refractivity contribution in [3.05, 3.63) is 34.9 Å². The number of rotatable bonds is 5. The van der Waals surface area contributed by atoms with Gasteiger partial charge in [-0.2, -0.15) is 0 Å². The predicted molar refractivity (Wildman–Crippen MR) is 77.5 cm³/mol. The molecule has 1 fully saturated rings. The van der Waals surface area contributed by atoms with Gasteiger partial charge in [0.1, 0.15) is 0 Å². The largest absolute Gasteiger partial charge is 0.314 e. The quantitative estimate of drug-likeness (QED) is 0.659. The topological polar surface area (TPSA) is 15.3 Å². The van der Waals surface area contributed by atoms with Gasteiger partial charge in [0.25, 0.3) is 0 Å². The van der Waals surface area contributed by atoms with E-state index in [-0.39, 0.29) is 6.07 Å². The van der Waals surface area contributed by atoms with Crippen LogP contribution in [0.4, 0.5) is 17.6 Å². The van der Waals surface area contributed by atoms with E-state index in [1.54, 1.807) is 0 Å². The molecule has 0 bridgehead atoms. The molecular formula is C16H22F4N2. The number of piperazine rings is 1. The molecule has 0 amide bonds. The Hall–Kier alpha value is -1.14. The maximum absolute atomic E-state index is 14.1. The summed E-state index contributed by atoms with van der Waals surface area (Å²) in [7, 11) is 0. The first-order valence-corrected chi connectivity index (χ1v) is 7.69. The lowest BCUT2D eigenvalue weighted by Crippen LogP contribution is -2.45. The number of nitrogens with one attached hydrogen (secondary N) is 1. The van der Waals surface area contributed by atoms with Crippen LogP contribution in [0.1, 0.15) is 38.3 Å². The molecule has 1 N–H and O–H groups in total. The summed E-state index contributed by atoms with van der Waals surface area (Å²) in [5, 5.41) is 3.16. The Morgan fingerprint density at radius 1 is 1.00 bits per heavy atom. The molecule has 6 heteroatoms. The zero-order chi connectivity index (χ0) is 16.3. The lowest BCUT2D eigenvalue weighted by Gasteiger charge is -2.36. The first-order valence-electron chi connectivity index (χ1n) is 7.69. The fourth-order valence-corrected chi connectivity index (χ4v) is 2.88. The third kappa shape index (κ3) is 3.79. The van der Waals surface area contributed by atoms with E-state index in [4.69, 9.17) is 0 Å². The maximum Gasteiger partial charge on any atom is 0.166 e. The smallest absolute Gasteiger partial charge is 0.166 e. The SMILES string of the molecule is CC(C)CC[C@@H](c1c(F)c(F)cc(F)c1F)N1CCNCC1. The Bertz CT molecular complexity index is 487. The van der Waals surface area contributed by atoms with Crippen LogP contribution in [0.5, 0.6) is 0 Å². The average molecular weight is 318 g/mol. The number of halogens is 4. The zero-order valence-corrected chi connectivity index (χ0v) is 12.9. The van der Waals surface area contributed by atoms with Gasteiger partial charge in [0.15, 0.2) is 23.3 Å². The van der Waals surface area contributed by atoms with Crippen molar-refractivity contribution < 1.29 is 17.6 Å². The fourth-order valence-electron chi connectivity index (χ4n) is 2.88. The number of nitrogens with zero attached hydrogens (tertiary/aromatic N) is 1. The van der Waals surface area contributed by atoms with Crippen molar-refractivity contribution >= 4 is 0 Å². The van der Waals surface area contributed by atoms with Crippen LogP contribution in [0.2, 0.25) is 0 Å². The summed E-state index contributed by atoms with van der Waals surface area (Å²) in [4.78, 5) is 1.90. The van der Waals surface area contributed by atoms with Gasteiger partial charge in [0.05, 0.1) is 0 Å². The molecule has 1 aliphatic rings. The molecule has 0 unspecified atom stereocenters. The molecule has 1 saturated heterocycles. The molecular weight excluding hydrogens is 296 g/mol. The van der Waals surface area contributed by atoms with Gasteiger partial charge in [-0.15, -0.1) is 0 Å². The Morgan fingerprint density at radius 3 is 2.05 bits per heavy atom. The second-order valence-electron chi connectivity index (χ2n) is 6.15. The Labute approximate surface area is 128 Å². The van der Waals surface area contributed by atoms with Gasteiger partial charge in [-0.3, -0.25) is 4.90 Å². The monoisotopic (exact) mass is 318 g/mol. The fraction of sp³-hybridized carbons (Fsp3) is 0.625. The highest BCUT2D eigenvalue weighted by Gasteiger charge is 2.30. The van der Waals surface area contributed by atoms with Crippen LogP contribution in [-0.2, 0) is 0 Å². The zero-order valence-electron chi connectivity index (χ0n) is 12.9. The van der Waals surface area contributed by atoms with Gasteiger partial charge in [0, 0.05) is 43.9 Å². The highest BCUT2D eigenvalue weighted by atomic mass is 19.2. The van der Waals surface area contributed by atoms with E-state index >= 15 is 0 Å². The van der Waals surface area contributed by atoms with Crippen LogP contribution in [0, 0.1) is 29.2 Å². The van der Waals surface area contributed by atoms with Gasteiger partial charge >= 0.3 is 0 Å². The Kier molecular flexibility index (Phi) is 5.81. The summed E-state index contributed by atoms with van der Waals surface area (Å²) in [5.41, 5.74) is -0.472. The molecule has 1 atom stereocenters. The Balaban J connectivity index is 2.39. The molecule has 0 aliphatic carbocycles. The standard InChI is InChI=1S/C16H22F4N2/c1-10(2)3-4-13(22-7-5-21-6-8-22)14-15(19)11(17)9-12(18)16(14)20/h9-10,13,21H,3-8H2,1-2H3/t13-/m0/s1. The molecule has 0 aromatic heterocycles. The lowest BCUT2D eigenvalue weighted by molar-refractivity contribution is 0.151.